The molecule has 116 valence electrons. The quantitative estimate of drug-likeness (QED) is 0.751. The lowest BCUT2D eigenvalue weighted by Crippen LogP contribution is -2.47. The van der Waals surface area contributed by atoms with Crippen LogP contribution in [0.2, 0.25) is 0 Å². The van der Waals surface area contributed by atoms with Crippen molar-refractivity contribution in [2.75, 3.05) is 6.54 Å². The fourth-order valence-corrected chi connectivity index (χ4v) is 2.58. The summed E-state index contributed by atoms with van der Waals surface area (Å²) in [6.45, 7) is 1.94. The van der Waals surface area contributed by atoms with Crippen LogP contribution >= 0.6 is 0 Å². The number of hydrogen-bond donors (Lipinski definition) is 3. The Bertz CT molecular complexity index is 508. The minimum Gasteiger partial charge on any atom is -0.481 e. The van der Waals surface area contributed by atoms with Crippen molar-refractivity contribution >= 4 is 12.0 Å². The van der Waals surface area contributed by atoms with Gasteiger partial charge in [0.05, 0.1) is 12.0 Å². The minimum absolute atomic E-state index is 0.138. The molecular formula is C13H20N4O4. The molecule has 0 bridgehead atoms. The summed E-state index contributed by atoms with van der Waals surface area (Å²) in [6.07, 6.45) is 4.03. The highest BCUT2D eigenvalue weighted by Crippen LogP contribution is 2.35. The van der Waals surface area contributed by atoms with Crippen LogP contribution in [0.25, 0.3) is 0 Å². The summed E-state index contributed by atoms with van der Waals surface area (Å²) in [5.74, 6) is -0.0243. The summed E-state index contributed by atoms with van der Waals surface area (Å²) in [4.78, 5) is 27.2. The molecule has 1 aliphatic rings. The lowest BCUT2D eigenvalue weighted by atomic mass is 9.74. The van der Waals surface area contributed by atoms with E-state index >= 15 is 0 Å². The molecule has 1 fully saturated rings. The maximum absolute atomic E-state index is 11.7. The molecule has 2 rings (SSSR count). The van der Waals surface area contributed by atoms with Gasteiger partial charge in [0.25, 0.3) is 0 Å². The van der Waals surface area contributed by atoms with Gasteiger partial charge in [-0.15, -0.1) is 0 Å². The SMILES string of the molecule is Cc1nc(CNC(=O)NCC2(C(=O)O)CCCCC2)no1. The molecule has 0 saturated heterocycles. The average molecular weight is 296 g/mol. The highest BCUT2D eigenvalue weighted by atomic mass is 16.5. The smallest absolute Gasteiger partial charge is 0.315 e. The van der Waals surface area contributed by atoms with Crippen LogP contribution in [-0.2, 0) is 11.3 Å². The highest BCUT2D eigenvalue weighted by molar-refractivity contribution is 5.78. The monoisotopic (exact) mass is 296 g/mol. The van der Waals surface area contributed by atoms with E-state index in [1.54, 1.807) is 6.92 Å². The highest BCUT2D eigenvalue weighted by Gasteiger charge is 2.39. The van der Waals surface area contributed by atoms with Gasteiger partial charge >= 0.3 is 12.0 Å². The third kappa shape index (κ3) is 3.93. The molecule has 0 aromatic carbocycles. The molecular weight excluding hydrogens is 276 g/mol. The first-order chi connectivity index (χ1) is 10.0. The van der Waals surface area contributed by atoms with Crippen LogP contribution in [0.15, 0.2) is 4.52 Å². The first-order valence-corrected chi connectivity index (χ1v) is 7.06. The predicted octanol–water partition coefficient (Wildman–Crippen LogP) is 1.21. The van der Waals surface area contributed by atoms with Crippen molar-refractivity contribution in [3.05, 3.63) is 11.7 Å². The molecule has 0 aliphatic heterocycles. The Morgan fingerprint density at radius 2 is 2.00 bits per heavy atom. The van der Waals surface area contributed by atoms with Gasteiger partial charge in [-0.2, -0.15) is 4.98 Å². The Balaban J connectivity index is 1.80. The lowest BCUT2D eigenvalue weighted by Gasteiger charge is -2.33. The number of carbonyl (C=O) groups is 2. The van der Waals surface area contributed by atoms with Gasteiger partial charge in [-0.3, -0.25) is 4.79 Å². The van der Waals surface area contributed by atoms with Crippen molar-refractivity contribution in [1.82, 2.24) is 20.8 Å². The number of aromatic nitrogens is 2. The van der Waals surface area contributed by atoms with Crippen molar-refractivity contribution in [3.8, 4) is 0 Å². The van der Waals surface area contributed by atoms with Crippen LogP contribution in [-0.4, -0.2) is 33.8 Å². The zero-order valence-corrected chi connectivity index (χ0v) is 12.0. The molecule has 1 heterocycles. The topological polar surface area (TPSA) is 117 Å². The molecule has 1 aromatic rings. The molecule has 0 spiro atoms. The van der Waals surface area contributed by atoms with Gasteiger partial charge in [0.1, 0.15) is 0 Å². The fraction of sp³-hybridized carbons (Fsp3) is 0.692. The third-order valence-corrected chi connectivity index (χ3v) is 3.83. The van der Waals surface area contributed by atoms with Crippen LogP contribution in [0.1, 0.15) is 43.8 Å². The number of carbonyl (C=O) groups excluding carboxylic acids is 1. The van der Waals surface area contributed by atoms with Gasteiger partial charge in [-0.05, 0) is 12.8 Å². The number of amides is 2. The maximum Gasteiger partial charge on any atom is 0.315 e. The number of rotatable bonds is 5. The Hall–Kier alpha value is -2.12. The van der Waals surface area contributed by atoms with E-state index in [9.17, 15) is 14.7 Å². The van der Waals surface area contributed by atoms with E-state index in [0.717, 1.165) is 19.3 Å². The minimum atomic E-state index is -0.837. The van der Waals surface area contributed by atoms with Crippen LogP contribution in [0.3, 0.4) is 0 Å². The molecule has 0 atom stereocenters. The fourth-order valence-electron chi connectivity index (χ4n) is 2.58. The molecule has 1 saturated carbocycles. The number of urea groups is 1. The second-order valence-electron chi connectivity index (χ2n) is 5.41. The number of carboxylic acids is 1. The van der Waals surface area contributed by atoms with Crippen LogP contribution in [0, 0.1) is 12.3 Å². The molecule has 2 amide bonds. The first kappa shape index (κ1) is 15.3. The van der Waals surface area contributed by atoms with Gasteiger partial charge in [-0.1, -0.05) is 24.4 Å². The predicted molar refractivity (Wildman–Crippen MR) is 72.4 cm³/mol. The maximum atomic E-state index is 11.7. The summed E-state index contributed by atoms with van der Waals surface area (Å²) < 4.78 is 4.79. The molecule has 0 unspecified atom stereocenters. The Morgan fingerprint density at radius 1 is 1.29 bits per heavy atom. The Labute approximate surface area is 122 Å². The summed E-state index contributed by atoms with van der Waals surface area (Å²) in [6, 6.07) is -0.427. The lowest BCUT2D eigenvalue weighted by molar-refractivity contribution is -0.150. The van der Waals surface area contributed by atoms with E-state index in [-0.39, 0.29) is 13.1 Å². The Kier molecular flexibility index (Phi) is 4.77. The van der Waals surface area contributed by atoms with Crippen molar-refractivity contribution in [3.63, 3.8) is 0 Å². The second-order valence-corrected chi connectivity index (χ2v) is 5.41. The number of nitrogens with zero attached hydrogens (tertiary/aromatic N) is 2. The first-order valence-electron chi connectivity index (χ1n) is 7.06. The molecule has 1 aromatic heterocycles. The van der Waals surface area contributed by atoms with Crippen molar-refractivity contribution in [2.24, 2.45) is 5.41 Å². The van der Waals surface area contributed by atoms with Gasteiger partial charge in [-0.25, -0.2) is 4.79 Å². The van der Waals surface area contributed by atoms with Crippen molar-refractivity contribution < 1.29 is 19.2 Å². The largest absolute Gasteiger partial charge is 0.481 e. The van der Waals surface area contributed by atoms with E-state index in [2.05, 4.69) is 20.8 Å². The summed E-state index contributed by atoms with van der Waals surface area (Å²) in [7, 11) is 0. The summed E-state index contributed by atoms with van der Waals surface area (Å²) in [5.41, 5.74) is -0.835. The van der Waals surface area contributed by atoms with E-state index in [4.69, 9.17) is 4.52 Å². The standard InChI is InChI=1S/C13H20N4O4/c1-9-16-10(17-21-9)7-14-12(20)15-8-13(11(18)19)5-3-2-4-6-13/h2-8H2,1H3,(H,18,19)(H2,14,15,20). The van der Waals surface area contributed by atoms with Gasteiger partial charge in [0.15, 0.2) is 5.82 Å². The average Bonchev–Trinajstić information content (AvgIpc) is 2.89. The normalized spacial score (nSPS) is 17.2. The summed E-state index contributed by atoms with van der Waals surface area (Å²) >= 11 is 0. The van der Waals surface area contributed by atoms with Gasteiger partial charge < -0.3 is 20.3 Å². The molecule has 3 N–H and O–H groups in total. The van der Waals surface area contributed by atoms with E-state index < -0.39 is 17.4 Å². The molecule has 8 heteroatoms. The summed E-state index contributed by atoms with van der Waals surface area (Å²) in [5, 5.41) is 18.3. The van der Waals surface area contributed by atoms with Crippen LogP contribution in [0.5, 0.6) is 0 Å². The van der Waals surface area contributed by atoms with Crippen molar-refractivity contribution in [1.29, 1.82) is 0 Å². The number of aliphatic carboxylic acids is 1. The van der Waals surface area contributed by atoms with Gasteiger partial charge in [0.2, 0.25) is 5.89 Å². The Morgan fingerprint density at radius 3 is 2.57 bits per heavy atom. The number of nitrogens with one attached hydrogen (secondary N) is 2. The van der Waals surface area contributed by atoms with E-state index in [1.165, 1.54) is 0 Å². The van der Waals surface area contributed by atoms with Crippen LogP contribution < -0.4 is 10.6 Å². The number of hydrogen-bond acceptors (Lipinski definition) is 5. The number of aryl methyl sites for hydroxylation is 1. The molecule has 8 nitrogen and oxygen atoms in total. The zero-order chi connectivity index (χ0) is 15.3. The van der Waals surface area contributed by atoms with E-state index in [1.807, 2.05) is 0 Å². The third-order valence-electron chi connectivity index (χ3n) is 3.83. The number of carboxylic acid groups (broad SMARTS) is 1. The molecule has 21 heavy (non-hydrogen) atoms. The molecule has 0 radical (unpaired) electrons. The second kappa shape index (κ2) is 6.55. The van der Waals surface area contributed by atoms with Crippen LogP contribution in [0.4, 0.5) is 4.79 Å². The van der Waals surface area contributed by atoms with E-state index in [0.29, 0.717) is 24.6 Å². The van der Waals surface area contributed by atoms with Crippen molar-refractivity contribution in [2.45, 2.75) is 45.6 Å². The van der Waals surface area contributed by atoms with Gasteiger partial charge in [0, 0.05) is 13.5 Å². The zero-order valence-electron chi connectivity index (χ0n) is 12.0. The molecule has 1 aliphatic carbocycles.